The Morgan fingerprint density at radius 3 is 2.56 bits per heavy atom. The van der Waals surface area contributed by atoms with Gasteiger partial charge >= 0.3 is 0 Å². The average molecular weight is 221 g/mol. The second-order valence-electron chi connectivity index (χ2n) is 3.75. The van der Waals surface area contributed by atoms with E-state index in [9.17, 15) is 4.79 Å². The van der Waals surface area contributed by atoms with Gasteiger partial charge in [0.25, 0.3) is 0 Å². The highest BCUT2D eigenvalue weighted by molar-refractivity contribution is 5.87. The molecular weight excluding hydrogens is 198 g/mol. The maximum absolute atomic E-state index is 11.3. The van der Waals surface area contributed by atoms with Crippen LogP contribution in [0, 0.1) is 0 Å². The summed E-state index contributed by atoms with van der Waals surface area (Å²) in [5.74, 6) is 0.00628. The number of nitrogens with one attached hydrogen (secondary N) is 1. The Balaban J connectivity index is 3.64. The zero-order valence-corrected chi connectivity index (χ0v) is 10.6. The molecule has 0 heterocycles. The van der Waals surface area contributed by atoms with Crippen LogP contribution >= 0.6 is 0 Å². The molecule has 0 aliphatic rings. The highest BCUT2D eigenvalue weighted by Gasteiger charge is 1.99. The van der Waals surface area contributed by atoms with Gasteiger partial charge < -0.3 is 5.32 Å². The lowest BCUT2D eigenvalue weighted by Gasteiger charge is -2.08. The molecule has 0 saturated heterocycles. The molecule has 0 rings (SSSR count). The highest BCUT2D eigenvalue weighted by Crippen LogP contribution is 1.94. The molecular formula is C14H23NO. The van der Waals surface area contributed by atoms with Crippen molar-refractivity contribution in [1.82, 2.24) is 5.32 Å². The van der Waals surface area contributed by atoms with Crippen molar-refractivity contribution in [1.29, 1.82) is 0 Å². The van der Waals surface area contributed by atoms with Crippen LogP contribution in [-0.2, 0) is 4.79 Å². The summed E-state index contributed by atoms with van der Waals surface area (Å²) in [6.07, 6.45) is 14.5. The molecule has 0 aromatic heterocycles. The quantitative estimate of drug-likeness (QED) is 0.398. The Labute approximate surface area is 99.1 Å². The first-order valence-corrected chi connectivity index (χ1v) is 5.95. The van der Waals surface area contributed by atoms with E-state index in [4.69, 9.17) is 0 Å². The molecule has 2 nitrogen and oxygen atoms in total. The van der Waals surface area contributed by atoms with E-state index in [0.29, 0.717) is 0 Å². The van der Waals surface area contributed by atoms with E-state index in [-0.39, 0.29) is 11.9 Å². The van der Waals surface area contributed by atoms with Crippen molar-refractivity contribution < 1.29 is 4.79 Å². The van der Waals surface area contributed by atoms with Gasteiger partial charge in [-0.25, -0.2) is 0 Å². The number of hydrogen-bond donors (Lipinski definition) is 1. The van der Waals surface area contributed by atoms with Crippen molar-refractivity contribution in [2.45, 2.75) is 46.1 Å². The van der Waals surface area contributed by atoms with E-state index in [1.54, 1.807) is 6.08 Å². The number of amides is 1. The summed E-state index contributed by atoms with van der Waals surface area (Å²) in [7, 11) is 0. The SMILES string of the molecule is C/C=C\C=C\CC/C=C/C(=O)NC(C)CC. The minimum absolute atomic E-state index is 0.00628. The summed E-state index contributed by atoms with van der Waals surface area (Å²) < 4.78 is 0. The molecule has 0 aromatic carbocycles. The summed E-state index contributed by atoms with van der Waals surface area (Å²) in [6, 6.07) is 0.256. The number of allylic oxidation sites excluding steroid dienone is 5. The molecule has 16 heavy (non-hydrogen) atoms. The van der Waals surface area contributed by atoms with E-state index < -0.39 is 0 Å². The number of unbranched alkanes of at least 4 members (excludes halogenated alkanes) is 1. The summed E-state index contributed by atoms with van der Waals surface area (Å²) in [4.78, 5) is 11.3. The zero-order valence-electron chi connectivity index (χ0n) is 10.6. The lowest BCUT2D eigenvalue weighted by Crippen LogP contribution is -2.30. The van der Waals surface area contributed by atoms with Crippen LogP contribution in [0.1, 0.15) is 40.0 Å². The molecule has 0 fully saturated rings. The lowest BCUT2D eigenvalue weighted by molar-refractivity contribution is -0.117. The number of carbonyl (C=O) groups is 1. The van der Waals surface area contributed by atoms with Crippen LogP contribution in [-0.4, -0.2) is 11.9 Å². The molecule has 1 amide bonds. The van der Waals surface area contributed by atoms with Crippen LogP contribution in [0.5, 0.6) is 0 Å². The third-order valence-electron chi connectivity index (χ3n) is 2.21. The first-order valence-electron chi connectivity index (χ1n) is 5.95. The molecule has 1 atom stereocenters. The van der Waals surface area contributed by atoms with Crippen LogP contribution in [0.2, 0.25) is 0 Å². The van der Waals surface area contributed by atoms with E-state index in [0.717, 1.165) is 19.3 Å². The summed E-state index contributed by atoms with van der Waals surface area (Å²) in [6.45, 7) is 6.05. The first kappa shape index (κ1) is 14.7. The van der Waals surface area contributed by atoms with Crippen molar-refractivity contribution in [3.63, 3.8) is 0 Å². The van der Waals surface area contributed by atoms with Gasteiger partial charge in [-0.3, -0.25) is 4.79 Å². The first-order chi connectivity index (χ1) is 7.70. The van der Waals surface area contributed by atoms with Crippen LogP contribution in [0.3, 0.4) is 0 Å². The van der Waals surface area contributed by atoms with Crippen molar-refractivity contribution in [3.05, 3.63) is 36.5 Å². The van der Waals surface area contributed by atoms with Crippen LogP contribution in [0.25, 0.3) is 0 Å². The molecule has 0 aliphatic carbocycles. The molecule has 0 radical (unpaired) electrons. The van der Waals surface area contributed by atoms with Gasteiger partial charge in [0.05, 0.1) is 0 Å². The summed E-state index contributed by atoms with van der Waals surface area (Å²) >= 11 is 0. The van der Waals surface area contributed by atoms with Crippen molar-refractivity contribution in [3.8, 4) is 0 Å². The van der Waals surface area contributed by atoms with Gasteiger partial charge in [-0.1, -0.05) is 37.3 Å². The monoisotopic (exact) mass is 221 g/mol. The minimum atomic E-state index is 0.00628. The minimum Gasteiger partial charge on any atom is -0.350 e. The second-order valence-corrected chi connectivity index (χ2v) is 3.75. The Hall–Kier alpha value is -1.31. The normalized spacial score (nSPS) is 13.9. The van der Waals surface area contributed by atoms with Gasteiger partial charge in [0.15, 0.2) is 0 Å². The van der Waals surface area contributed by atoms with E-state index >= 15 is 0 Å². The molecule has 0 aromatic rings. The topological polar surface area (TPSA) is 29.1 Å². The van der Waals surface area contributed by atoms with Crippen LogP contribution in [0.4, 0.5) is 0 Å². The van der Waals surface area contributed by atoms with Crippen molar-refractivity contribution in [2.75, 3.05) is 0 Å². The fraction of sp³-hybridized carbons (Fsp3) is 0.500. The Bertz CT molecular complexity index is 264. The lowest BCUT2D eigenvalue weighted by atomic mass is 10.2. The fourth-order valence-corrected chi connectivity index (χ4v) is 1.06. The highest BCUT2D eigenvalue weighted by atomic mass is 16.1. The summed E-state index contributed by atoms with van der Waals surface area (Å²) in [5, 5.41) is 2.89. The Morgan fingerprint density at radius 2 is 1.94 bits per heavy atom. The van der Waals surface area contributed by atoms with Gasteiger partial charge in [-0.05, 0) is 39.2 Å². The van der Waals surface area contributed by atoms with E-state index in [2.05, 4.69) is 18.3 Å². The third kappa shape index (κ3) is 9.25. The zero-order chi connectivity index (χ0) is 12.2. The van der Waals surface area contributed by atoms with Crippen LogP contribution < -0.4 is 5.32 Å². The maximum Gasteiger partial charge on any atom is 0.243 e. The number of rotatable bonds is 7. The van der Waals surface area contributed by atoms with Gasteiger partial charge in [-0.15, -0.1) is 0 Å². The molecule has 1 unspecified atom stereocenters. The number of carbonyl (C=O) groups excluding carboxylic acids is 1. The maximum atomic E-state index is 11.3. The molecule has 2 heteroatoms. The fourth-order valence-electron chi connectivity index (χ4n) is 1.06. The summed E-state index contributed by atoms with van der Waals surface area (Å²) in [5.41, 5.74) is 0. The standard InChI is InChI=1S/C14H23NO/c1-4-6-7-8-9-10-11-12-14(16)15-13(3)5-2/h4,6-8,11-13H,5,9-10H2,1-3H3,(H,15,16)/b6-4-,8-7+,12-11+. The molecule has 1 N–H and O–H groups in total. The van der Waals surface area contributed by atoms with E-state index in [1.165, 1.54) is 0 Å². The largest absolute Gasteiger partial charge is 0.350 e. The van der Waals surface area contributed by atoms with E-state index in [1.807, 2.05) is 38.2 Å². The van der Waals surface area contributed by atoms with Crippen molar-refractivity contribution >= 4 is 5.91 Å². The third-order valence-corrected chi connectivity index (χ3v) is 2.21. The Morgan fingerprint density at radius 1 is 1.25 bits per heavy atom. The Kier molecular flexibility index (Phi) is 9.38. The van der Waals surface area contributed by atoms with Crippen LogP contribution in [0.15, 0.2) is 36.5 Å². The second kappa shape index (κ2) is 10.2. The molecule has 0 aliphatic heterocycles. The number of hydrogen-bond acceptors (Lipinski definition) is 1. The predicted molar refractivity (Wildman–Crippen MR) is 70.2 cm³/mol. The van der Waals surface area contributed by atoms with Gasteiger partial charge in [0.2, 0.25) is 5.91 Å². The molecule has 90 valence electrons. The predicted octanol–water partition coefficient (Wildman–Crippen LogP) is 3.37. The average Bonchev–Trinajstić information content (AvgIpc) is 2.27. The van der Waals surface area contributed by atoms with Crippen molar-refractivity contribution in [2.24, 2.45) is 0 Å². The molecule has 0 saturated carbocycles. The van der Waals surface area contributed by atoms with Gasteiger partial charge in [-0.2, -0.15) is 0 Å². The van der Waals surface area contributed by atoms with Gasteiger partial charge in [0, 0.05) is 6.04 Å². The smallest absolute Gasteiger partial charge is 0.243 e. The molecule has 0 spiro atoms. The van der Waals surface area contributed by atoms with Gasteiger partial charge in [0.1, 0.15) is 0 Å². The molecule has 0 bridgehead atoms.